The van der Waals surface area contributed by atoms with Crippen LogP contribution in [-0.4, -0.2) is 19.9 Å². The molecule has 0 aliphatic carbocycles. The maximum absolute atomic E-state index is 13.4. The SMILES string of the molecule is Cc1cc(C)c(S(=O)(=O)NCCc2sc(-c3cccc(F)c3)nc2C)cc1C. The van der Waals surface area contributed by atoms with Gasteiger partial charge in [-0.3, -0.25) is 0 Å². The van der Waals surface area contributed by atoms with Crippen molar-refractivity contribution in [2.24, 2.45) is 0 Å². The Morgan fingerprint density at radius 3 is 2.46 bits per heavy atom. The number of benzene rings is 2. The maximum atomic E-state index is 13.4. The van der Waals surface area contributed by atoms with E-state index in [1.54, 1.807) is 19.1 Å². The van der Waals surface area contributed by atoms with Crippen molar-refractivity contribution < 1.29 is 12.8 Å². The molecular formula is C21H23FN2O2S2. The predicted molar refractivity (Wildman–Crippen MR) is 112 cm³/mol. The first-order chi connectivity index (χ1) is 13.2. The van der Waals surface area contributed by atoms with Crippen molar-refractivity contribution in [2.75, 3.05) is 6.54 Å². The molecule has 0 fully saturated rings. The summed E-state index contributed by atoms with van der Waals surface area (Å²) in [6.07, 6.45) is 0.530. The Morgan fingerprint density at radius 1 is 1.04 bits per heavy atom. The van der Waals surface area contributed by atoms with E-state index in [1.807, 2.05) is 32.9 Å². The Morgan fingerprint density at radius 2 is 1.75 bits per heavy atom. The molecule has 4 nitrogen and oxygen atoms in total. The predicted octanol–water partition coefficient (Wildman–Crippen LogP) is 4.70. The van der Waals surface area contributed by atoms with Gasteiger partial charge in [-0.05, 0) is 69.0 Å². The van der Waals surface area contributed by atoms with E-state index in [9.17, 15) is 12.8 Å². The minimum absolute atomic E-state index is 0.278. The van der Waals surface area contributed by atoms with E-state index in [-0.39, 0.29) is 12.4 Å². The fraction of sp³-hybridized carbons (Fsp3) is 0.286. The van der Waals surface area contributed by atoms with Gasteiger partial charge in [0.15, 0.2) is 0 Å². The van der Waals surface area contributed by atoms with Crippen LogP contribution in [-0.2, 0) is 16.4 Å². The van der Waals surface area contributed by atoms with Crippen LogP contribution in [0, 0.1) is 33.5 Å². The molecule has 28 heavy (non-hydrogen) atoms. The van der Waals surface area contributed by atoms with Crippen LogP contribution in [0.3, 0.4) is 0 Å². The number of aryl methyl sites for hydroxylation is 4. The second-order valence-corrected chi connectivity index (χ2v) is 9.71. The molecule has 3 rings (SSSR count). The van der Waals surface area contributed by atoms with Crippen molar-refractivity contribution in [1.82, 2.24) is 9.71 Å². The lowest BCUT2D eigenvalue weighted by atomic mass is 10.1. The van der Waals surface area contributed by atoms with Crippen LogP contribution in [0.5, 0.6) is 0 Å². The van der Waals surface area contributed by atoms with Gasteiger partial charge in [-0.1, -0.05) is 18.2 Å². The van der Waals surface area contributed by atoms with Crippen LogP contribution in [0.2, 0.25) is 0 Å². The van der Waals surface area contributed by atoms with Crippen molar-refractivity contribution in [2.45, 2.75) is 39.0 Å². The monoisotopic (exact) mass is 418 g/mol. The summed E-state index contributed by atoms with van der Waals surface area (Å²) in [4.78, 5) is 5.81. The standard InChI is InChI=1S/C21H23FN2O2S2/c1-13-10-15(3)20(11-14(13)2)28(25,26)23-9-8-19-16(4)24-21(27-19)17-6-5-7-18(22)12-17/h5-7,10-12,23H,8-9H2,1-4H3. The van der Waals surface area contributed by atoms with E-state index in [1.165, 1.54) is 23.5 Å². The molecule has 0 saturated carbocycles. The first-order valence-electron chi connectivity index (χ1n) is 8.97. The van der Waals surface area contributed by atoms with Gasteiger partial charge in [0.1, 0.15) is 10.8 Å². The largest absolute Gasteiger partial charge is 0.241 e. The fourth-order valence-corrected chi connectivity index (χ4v) is 5.40. The van der Waals surface area contributed by atoms with Gasteiger partial charge in [0.05, 0.1) is 10.6 Å². The second kappa shape index (κ2) is 8.11. The molecule has 1 aromatic heterocycles. The van der Waals surface area contributed by atoms with E-state index >= 15 is 0 Å². The van der Waals surface area contributed by atoms with Gasteiger partial charge < -0.3 is 0 Å². The summed E-state index contributed by atoms with van der Waals surface area (Å²) < 4.78 is 41.5. The third-order valence-electron chi connectivity index (χ3n) is 4.69. The van der Waals surface area contributed by atoms with E-state index in [0.717, 1.165) is 37.8 Å². The van der Waals surface area contributed by atoms with Gasteiger partial charge in [0.25, 0.3) is 0 Å². The summed E-state index contributed by atoms with van der Waals surface area (Å²) in [6, 6.07) is 9.93. The molecule has 0 atom stereocenters. The number of nitrogens with zero attached hydrogens (tertiary/aromatic N) is 1. The van der Waals surface area contributed by atoms with E-state index < -0.39 is 10.0 Å². The molecule has 1 heterocycles. The van der Waals surface area contributed by atoms with Crippen LogP contribution in [0.25, 0.3) is 10.6 Å². The van der Waals surface area contributed by atoms with Gasteiger partial charge in [0.2, 0.25) is 10.0 Å². The normalized spacial score (nSPS) is 11.8. The highest BCUT2D eigenvalue weighted by Gasteiger charge is 2.18. The van der Waals surface area contributed by atoms with Crippen molar-refractivity contribution in [3.8, 4) is 10.6 Å². The van der Waals surface area contributed by atoms with E-state index in [2.05, 4.69) is 9.71 Å². The van der Waals surface area contributed by atoms with Crippen LogP contribution >= 0.6 is 11.3 Å². The highest BCUT2D eigenvalue weighted by molar-refractivity contribution is 7.89. The van der Waals surface area contributed by atoms with E-state index in [0.29, 0.717) is 11.3 Å². The summed E-state index contributed by atoms with van der Waals surface area (Å²) in [5.74, 6) is -0.302. The lowest BCUT2D eigenvalue weighted by Gasteiger charge is -2.11. The molecule has 148 valence electrons. The van der Waals surface area contributed by atoms with Gasteiger partial charge in [0, 0.05) is 17.0 Å². The van der Waals surface area contributed by atoms with E-state index in [4.69, 9.17) is 0 Å². The highest BCUT2D eigenvalue weighted by atomic mass is 32.2. The minimum atomic E-state index is -3.58. The number of nitrogens with one attached hydrogen (secondary N) is 1. The summed E-state index contributed by atoms with van der Waals surface area (Å²) in [5, 5.41) is 0.736. The molecule has 1 N–H and O–H groups in total. The molecule has 0 amide bonds. The molecule has 0 aliphatic heterocycles. The number of sulfonamides is 1. The Bertz CT molecular complexity index is 1120. The topological polar surface area (TPSA) is 59.1 Å². The number of thiazole rings is 1. The lowest BCUT2D eigenvalue weighted by molar-refractivity contribution is 0.581. The Labute approximate surface area is 169 Å². The molecule has 7 heteroatoms. The zero-order valence-corrected chi connectivity index (χ0v) is 18.0. The molecule has 0 unspecified atom stereocenters. The molecule has 0 aliphatic rings. The summed E-state index contributed by atoms with van der Waals surface area (Å²) in [6.45, 7) is 7.84. The number of hydrogen-bond donors (Lipinski definition) is 1. The Balaban J connectivity index is 1.72. The average Bonchev–Trinajstić information content (AvgIpc) is 2.99. The van der Waals surface area contributed by atoms with Crippen LogP contribution < -0.4 is 4.72 Å². The first kappa shape index (κ1) is 20.6. The van der Waals surface area contributed by atoms with Crippen LogP contribution in [0.15, 0.2) is 41.3 Å². The molecule has 3 aromatic rings. The van der Waals surface area contributed by atoms with Gasteiger partial charge in [-0.25, -0.2) is 22.5 Å². The second-order valence-electron chi connectivity index (χ2n) is 6.89. The number of hydrogen-bond acceptors (Lipinski definition) is 4. The van der Waals surface area contributed by atoms with Gasteiger partial charge in [-0.2, -0.15) is 0 Å². The summed E-state index contributed by atoms with van der Waals surface area (Å²) in [5.41, 5.74) is 4.32. The maximum Gasteiger partial charge on any atom is 0.240 e. The lowest BCUT2D eigenvalue weighted by Crippen LogP contribution is -2.26. The van der Waals surface area contributed by atoms with Gasteiger partial charge in [-0.15, -0.1) is 11.3 Å². The molecule has 2 aromatic carbocycles. The van der Waals surface area contributed by atoms with Crippen molar-refractivity contribution in [3.63, 3.8) is 0 Å². The summed E-state index contributed by atoms with van der Waals surface area (Å²) >= 11 is 1.46. The molecule has 0 spiro atoms. The number of halogens is 1. The fourth-order valence-electron chi connectivity index (χ4n) is 3.01. The number of rotatable bonds is 6. The zero-order chi connectivity index (χ0) is 20.5. The molecular weight excluding hydrogens is 395 g/mol. The average molecular weight is 419 g/mol. The van der Waals surface area contributed by atoms with Crippen molar-refractivity contribution >= 4 is 21.4 Å². The van der Waals surface area contributed by atoms with Crippen molar-refractivity contribution in [1.29, 1.82) is 0 Å². The third-order valence-corrected chi connectivity index (χ3v) is 7.56. The van der Waals surface area contributed by atoms with Crippen molar-refractivity contribution in [3.05, 3.63) is 69.5 Å². The highest BCUT2D eigenvalue weighted by Crippen LogP contribution is 2.28. The van der Waals surface area contributed by atoms with Crippen LogP contribution in [0.4, 0.5) is 4.39 Å². The molecule has 0 radical (unpaired) electrons. The van der Waals surface area contributed by atoms with Gasteiger partial charge >= 0.3 is 0 Å². The Hall–Kier alpha value is -2.09. The van der Waals surface area contributed by atoms with Crippen LogP contribution in [0.1, 0.15) is 27.3 Å². The summed E-state index contributed by atoms with van der Waals surface area (Å²) in [7, 11) is -3.58. The first-order valence-corrected chi connectivity index (χ1v) is 11.3. The molecule has 0 saturated heterocycles. The third kappa shape index (κ3) is 4.48. The quantitative estimate of drug-likeness (QED) is 0.631. The zero-order valence-electron chi connectivity index (χ0n) is 16.3. The number of aromatic nitrogens is 1. The Kier molecular flexibility index (Phi) is 5.98. The smallest absolute Gasteiger partial charge is 0.240 e. The minimum Gasteiger partial charge on any atom is -0.241 e. The molecule has 0 bridgehead atoms.